The third kappa shape index (κ3) is 4.72. The van der Waals surface area contributed by atoms with Gasteiger partial charge in [-0.3, -0.25) is 10.2 Å². The highest BCUT2D eigenvalue weighted by atomic mass is 79.9. The summed E-state index contributed by atoms with van der Waals surface area (Å²) < 4.78 is 40.2. The molecule has 28 heavy (non-hydrogen) atoms. The molecule has 1 aromatic heterocycles. The Morgan fingerprint density at radius 3 is 2.64 bits per heavy atom. The van der Waals surface area contributed by atoms with Gasteiger partial charge in [-0.25, -0.2) is 9.37 Å². The summed E-state index contributed by atoms with van der Waals surface area (Å²) in [5, 5.41) is 12.6. The van der Waals surface area contributed by atoms with E-state index in [9.17, 15) is 18.0 Å². The lowest BCUT2D eigenvalue weighted by Crippen LogP contribution is -2.39. The second kappa shape index (κ2) is 8.20. The normalized spacial score (nSPS) is 15.5. The van der Waals surface area contributed by atoms with E-state index in [0.717, 1.165) is 18.3 Å². The Morgan fingerprint density at radius 2 is 2.07 bits per heavy atom. The third-order valence-electron chi connectivity index (χ3n) is 4.51. The standard InChI is InChI=1S/C18H18BrF3N4OS/c1-18(21,22)14-9-28-17(25-14)26-6-4-10(5-7-26)15(27)16(23)24-11-2-3-13(20)12(19)8-11/h2-3,8-10H,4-7H2,1H3,(H2,23,24). The number of alkyl halides is 2. The number of hydrogen-bond acceptors (Lipinski definition) is 5. The van der Waals surface area contributed by atoms with Crippen molar-refractivity contribution in [2.75, 3.05) is 23.3 Å². The van der Waals surface area contributed by atoms with Crippen LogP contribution in [0.1, 0.15) is 25.5 Å². The van der Waals surface area contributed by atoms with Crippen molar-refractivity contribution in [1.82, 2.24) is 4.98 Å². The summed E-state index contributed by atoms with van der Waals surface area (Å²) in [4.78, 5) is 18.4. The van der Waals surface area contributed by atoms with Gasteiger partial charge in [-0.2, -0.15) is 8.78 Å². The Bertz CT molecular complexity index is 891. The monoisotopic (exact) mass is 474 g/mol. The number of amidine groups is 1. The van der Waals surface area contributed by atoms with Crippen LogP contribution in [0.3, 0.4) is 0 Å². The minimum absolute atomic E-state index is 0.242. The number of rotatable bonds is 5. The molecule has 3 rings (SSSR count). The number of hydrogen-bond donors (Lipinski definition) is 2. The molecule has 0 amide bonds. The Kier molecular flexibility index (Phi) is 6.09. The van der Waals surface area contributed by atoms with Crippen LogP contribution in [-0.2, 0) is 10.7 Å². The van der Waals surface area contributed by atoms with Crippen LogP contribution >= 0.6 is 27.3 Å². The largest absolute Gasteiger partial charge is 0.348 e. The second-order valence-electron chi connectivity index (χ2n) is 6.66. The fourth-order valence-corrected chi connectivity index (χ4v) is 4.27. The number of nitrogens with one attached hydrogen (secondary N) is 2. The number of ketones is 1. The predicted molar refractivity (Wildman–Crippen MR) is 107 cm³/mol. The van der Waals surface area contributed by atoms with E-state index in [4.69, 9.17) is 5.41 Å². The fraction of sp³-hybridized carbons (Fsp3) is 0.389. The van der Waals surface area contributed by atoms with Crippen molar-refractivity contribution in [3.05, 3.63) is 39.6 Å². The van der Waals surface area contributed by atoms with Gasteiger partial charge in [0.2, 0.25) is 5.78 Å². The summed E-state index contributed by atoms with van der Waals surface area (Å²) in [7, 11) is 0. The van der Waals surface area contributed by atoms with E-state index in [0.29, 0.717) is 36.8 Å². The zero-order valence-corrected chi connectivity index (χ0v) is 17.3. The highest BCUT2D eigenvalue weighted by molar-refractivity contribution is 9.10. The van der Waals surface area contributed by atoms with Crippen LogP contribution in [0.4, 0.5) is 24.0 Å². The first-order chi connectivity index (χ1) is 13.1. The predicted octanol–water partition coefficient (Wildman–Crippen LogP) is 5.03. The molecule has 0 saturated carbocycles. The van der Waals surface area contributed by atoms with Crippen molar-refractivity contribution in [2.45, 2.75) is 25.7 Å². The molecule has 1 aliphatic heterocycles. The number of halogens is 4. The van der Waals surface area contributed by atoms with E-state index < -0.39 is 11.7 Å². The van der Waals surface area contributed by atoms with Crippen LogP contribution in [0.5, 0.6) is 0 Å². The molecule has 1 aliphatic rings. The van der Waals surface area contributed by atoms with Gasteiger partial charge in [0.25, 0.3) is 5.92 Å². The van der Waals surface area contributed by atoms with Crippen molar-refractivity contribution < 1.29 is 18.0 Å². The molecule has 1 aromatic carbocycles. The highest BCUT2D eigenvalue weighted by Gasteiger charge is 2.31. The molecule has 2 heterocycles. The van der Waals surface area contributed by atoms with Gasteiger partial charge in [-0.15, -0.1) is 11.3 Å². The first-order valence-corrected chi connectivity index (χ1v) is 10.3. The number of piperidine rings is 1. The average Bonchev–Trinajstić information content (AvgIpc) is 3.15. The molecule has 0 aliphatic carbocycles. The van der Waals surface area contributed by atoms with Gasteiger partial charge in [0.1, 0.15) is 11.5 Å². The topological polar surface area (TPSA) is 69.1 Å². The second-order valence-corrected chi connectivity index (χ2v) is 8.35. The number of carbonyl (C=O) groups is 1. The molecule has 0 unspecified atom stereocenters. The molecular weight excluding hydrogens is 457 g/mol. The van der Waals surface area contributed by atoms with E-state index in [2.05, 4.69) is 26.2 Å². The maximum absolute atomic E-state index is 13.3. The minimum atomic E-state index is -2.97. The summed E-state index contributed by atoms with van der Waals surface area (Å²) >= 11 is 4.23. The van der Waals surface area contributed by atoms with Crippen molar-refractivity contribution in [1.29, 1.82) is 5.41 Å². The smallest absolute Gasteiger partial charge is 0.287 e. The number of aromatic nitrogens is 1. The number of carbonyl (C=O) groups excluding carboxylic acids is 1. The number of Topliss-reactive ketones (excluding diaryl/α,β-unsaturated/α-hetero) is 1. The van der Waals surface area contributed by atoms with Crippen LogP contribution in [0.25, 0.3) is 0 Å². The SMILES string of the molecule is CC(F)(F)c1csc(N2CCC(C(=O)C(=N)Nc3ccc(F)c(Br)c3)CC2)n1. The van der Waals surface area contributed by atoms with Gasteiger partial charge < -0.3 is 10.2 Å². The van der Waals surface area contributed by atoms with Crippen molar-refractivity contribution >= 4 is 49.7 Å². The molecule has 10 heteroatoms. The van der Waals surface area contributed by atoms with Crippen LogP contribution in [0, 0.1) is 17.1 Å². The lowest BCUT2D eigenvalue weighted by atomic mass is 9.92. The third-order valence-corrected chi connectivity index (χ3v) is 6.02. The number of nitrogens with zero attached hydrogens (tertiary/aromatic N) is 2. The molecular formula is C18H18BrF3N4OS. The summed E-state index contributed by atoms with van der Waals surface area (Å²) in [5.74, 6) is -4.30. The van der Waals surface area contributed by atoms with Gasteiger partial charge in [-0.05, 0) is 47.0 Å². The zero-order valence-electron chi connectivity index (χ0n) is 14.9. The Balaban J connectivity index is 1.56. The lowest BCUT2D eigenvalue weighted by Gasteiger charge is -2.31. The van der Waals surface area contributed by atoms with Gasteiger partial charge in [0.05, 0.1) is 4.47 Å². The zero-order chi connectivity index (χ0) is 20.5. The maximum Gasteiger partial charge on any atom is 0.287 e. The van der Waals surface area contributed by atoms with Gasteiger partial charge >= 0.3 is 0 Å². The molecule has 2 N–H and O–H groups in total. The molecule has 1 fully saturated rings. The van der Waals surface area contributed by atoms with Crippen molar-refractivity contribution in [3.63, 3.8) is 0 Å². The number of anilines is 2. The van der Waals surface area contributed by atoms with Gasteiger partial charge in [0.15, 0.2) is 11.0 Å². The van der Waals surface area contributed by atoms with Gasteiger partial charge in [-0.1, -0.05) is 0 Å². The molecule has 0 radical (unpaired) electrons. The first kappa shape index (κ1) is 20.8. The van der Waals surface area contributed by atoms with E-state index in [1.807, 2.05) is 4.90 Å². The molecule has 0 atom stereocenters. The van der Waals surface area contributed by atoms with Crippen LogP contribution < -0.4 is 10.2 Å². The van der Waals surface area contributed by atoms with Crippen LogP contribution in [-0.4, -0.2) is 29.7 Å². The average molecular weight is 475 g/mol. The van der Waals surface area contributed by atoms with Crippen LogP contribution in [0.15, 0.2) is 28.1 Å². The summed E-state index contributed by atoms with van der Waals surface area (Å²) in [6, 6.07) is 4.15. The maximum atomic E-state index is 13.3. The van der Waals surface area contributed by atoms with Gasteiger partial charge in [0, 0.05) is 37.0 Å². The van der Waals surface area contributed by atoms with E-state index in [1.54, 1.807) is 0 Å². The summed E-state index contributed by atoms with van der Waals surface area (Å²) in [6.07, 6.45) is 1.01. The Morgan fingerprint density at radius 1 is 1.39 bits per heavy atom. The number of benzene rings is 1. The quantitative estimate of drug-likeness (QED) is 0.470. The first-order valence-electron chi connectivity index (χ1n) is 8.59. The minimum Gasteiger partial charge on any atom is -0.348 e. The summed E-state index contributed by atoms with van der Waals surface area (Å²) in [6.45, 7) is 1.83. The Labute approximate surface area is 172 Å². The highest BCUT2D eigenvalue weighted by Crippen LogP contribution is 2.33. The van der Waals surface area contributed by atoms with E-state index >= 15 is 0 Å². The molecule has 2 aromatic rings. The van der Waals surface area contributed by atoms with Crippen molar-refractivity contribution in [3.8, 4) is 0 Å². The fourth-order valence-electron chi connectivity index (χ4n) is 2.93. The molecule has 5 nitrogen and oxygen atoms in total. The molecule has 1 saturated heterocycles. The molecule has 0 bridgehead atoms. The number of thiazole rings is 1. The van der Waals surface area contributed by atoms with E-state index in [1.165, 1.54) is 23.6 Å². The Hall–Kier alpha value is -1.94. The molecule has 0 spiro atoms. The summed E-state index contributed by atoms with van der Waals surface area (Å²) in [5.41, 5.74) is 0.196. The lowest BCUT2D eigenvalue weighted by molar-refractivity contribution is -0.117. The van der Waals surface area contributed by atoms with E-state index in [-0.39, 0.29) is 27.7 Å². The van der Waals surface area contributed by atoms with Crippen LogP contribution in [0.2, 0.25) is 0 Å². The van der Waals surface area contributed by atoms with Crippen molar-refractivity contribution in [2.24, 2.45) is 5.92 Å². The molecule has 150 valence electrons.